The van der Waals surface area contributed by atoms with Crippen LogP contribution in [-0.2, 0) is 29.2 Å². The number of carbonyl (C=O) groups is 1. The van der Waals surface area contributed by atoms with E-state index in [9.17, 15) is 14.4 Å². The summed E-state index contributed by atoms with van der Waals surface area (Å²) in [5.41, 5.74) is 6.99. The minimum absolute atomic E-state index is 0.0466. The number of nitrogens with two attached hydrogens (primary N) is 1. The standard InChI is InChI=1S/C26H28N8O4/c1-3-4-12-32-22-23(30-25(32)31-11-7-8-17(27)14-31)33(16-21(35)38-2)26(37)34(24(22)36)15-18-13-28-19-9-5-6-10-20(19)29-18/h5-6,9-10,13,17H,7-8,11-12,14-16,27H2,1-2H3. The maximum Gasteiger partial charge on any atom is 0.333 e. The molecule has 0 amide bonds. The van der Waals surface area contributed by atoms with Crippen molar-refractivity contribution in [3.63, 3.8) is 0 Å². The summed E-state index contributed by atoms with van der Waals surface area (Å²) >= 11 is 0. The monoisotopic (exact) mass is 516 g/mol. The van der Waals surface area contributed by atoms with Gasteiger partial charge in [0.2, 0.25) is 5.95 Å². The fourth-order valence-electron chi connectivity index (χ4n) is 4.73. The van der Waals surface area contributed by atoms with Crippen LogP contribution in [-0.4, -0.2) is 60.9 Å². The molecule has 1 aromatic carbocycles. The number of para-hydroxylation sites is 2. The molecule has 0 spiro atoms. The van der Waals surface area contributed by atoms with E-state index >= 15 is 0 Å². The topological polar surface area (TPSA) is 143 Å². The second-order valence-corrected chi connectivity index (χ2v) is 9.13. The van der Waals surface area contributed by atoms with Crippen molar-refractivity contribution in [2.75, 3.05) is 25.1 Å². The van der Waals surface area contributed by atoms with E-state index in [1.54, 1.807) is 17.6 Å². The van der Waals surface area contributed by atoms with Crippen molar-refractivity contribution in [3.05, 3.63) is 57.0 Å². The number of imidazole rings is 1. The van der Waals surface area contributed by atoms with Gasteiger partial charge in [-0.1, -0.05) is 18.1 Å². The number of hydrogen-bond acceptors (Lipinski definition) is 9. The van der Waals surface area contributed by atoms with E-state index in [0.717, 1.165) is 17.4 Å². The van der Waals surface area contributed by atoms with Gasteiger partial charge in [-0.25, -0.2) is 9.78 Å². The van der Waals surface area contributed by atoms with Gasteiger partial charge in [-0.15, -0.1) is 5.92 Å². The molecular formula is C26H28N8O4. The number of anilines is 1. The average Bonchev–Trinajstić information content (AvgIpc) is 3.31. The third-order valence-corrected chi connectivity index (χ3v) is 6.58. The molecule has 1 fully saturated rings. The molecule has 4 heterocycles. The number of piperidine rings is 1. The molecule has 3 aromatic heterocycles. The molecule has 1 unspecified atom stereocenters. The molecular weight excluding hydrogens is 488 g/mol. The number of methoxy groups -OCH3 is 1. The molecule has 0 bridgehead atoms. The van der Waals surface area contributed by atoms with Gasteiger partial charge in [0, 0.05) is 19.1 Å². The molecule has 1 aliphatic heterocycles. The summed E-state index contributed by atoms with van der Waals surface area (Å²) in [4.78, 5) is 55.5. The van der Waals surface area contributed by atoms with Crippen LogP contribution in [0.2, 0.25) is 0 Å². The number of fused-ring (bicyclic) bond motifs is 2. The van der Waals surface area contributed by atoms with E-state index in [2.05, 4.69) is 21.8 Å². The first-order chi connectivity index (χ1) is 18.4. The first-order valence-corrected chi connectivity index (χ1v) is 12.3. The van der Waals surface area contributed by atoms with Crippen molar-refractivity contribution >= 4 is 34.1 Å². The molecule has 1 aliphatic rings. The van der Waals surface area contributed by atoms with Crippen molar-refractivity contribution < 1.29 is 9.53 Å². The average molecular weight is 517 g/mol. The van der Waals surface area contributed by atoms with E-state index in [4.69, 9.17) is 15.5 Å². The van der Waals surface area contributed by atoms with E-state index in [-0.39, 0.29) is 30.3 Å². The van der Waals surface area contributed by atoms with Gasteiger partial charge in [0.05, 0.1) is 43.1 Å². The summed E-state index contributed by atoms with van der Waals surface area (Å²) in [6.07, 6.45) is 3.28. The maximum atomic E-state index is 13.9. The lowest BCUT2D eigenvalue weighted by atomic mass is 10.1. The van der Waals surface area contributed by atoms with Crippen LogP contribution in [0.4, 0.5) is 5.95 Å². The second kappa shape index (κ2) is 10.5. The Bertz CT molecular complexity index is 1710. The highest BCUT2D eigenvalue weighted by Gasteiger charge is 2.27. The molecule has 1 saturated heterocycles. The summed E-state index contributed by atoms with van der Waals surface area (Å²) in [7, 11) is 1.24. The number of benzene rings is 1. The summed E-state index contributed by atoms with van der Waals surface area (Å²) in [5.74, 6) is 5.70. The maximum absolute atomic E-state index is 13.9. The van der Waals surface area contributed by atoms with E-state index in [0.29, 0.717) is 35.8 Å². The zero-order chi connectivity index (χ0) is 26.8. The minimum atomic E-state index is -0.698. The van der Waals surface area contributed by atoms with Gasteiger partial charge in [0.15, 0.2) is 11.2 Å². The normalized spacial score (nSPS) is 15.4. The van der Waals surface area contributed by atoms with Crippen molar-refractivity contribution in [3.8, 4) is 11.8 Å². The van der Waals surface area contributed by atoms with Gasteiger partial charge in [-0.2, -0.15) is 4.98 Å². The summed E-state index contributed by atoms with van der Waals surface area (Å²) in [5, 5.41) is 0. The third-order valence-electron chi connectivity index (χ3n) is 6.58. The third kappa shape index (κ3) is 4.64. The Morgan fingerprint density at radius 2 is 1.95 bits per heavy atom. The van der Waals surface area contributed by atoms with Gasteiger partial charge in [0.25, 0.3) is 5.56 Å². The van der Waals surface area contributed by atoms with Crippen molar-refractivity contribution in [1.82, 2.24) is 28.7 Å². The predicted molar refractivity (Wildman–Crippen MR) is 142 cm³/mol. The lowest BCUT2D eigenvalue weighted by Crippen LogP contribution is -2.44. The molecule has 5 rings (SSSR count). The van der Waals surface area contributed by atoms with Crippen molar-refractivity contribution in [2.45, 2.75) is 45.4 Å². The molecule has 4 aromatic rings. The lowest BCUT2D eigenvalue weighted by molar-refractivity contribution is -0.141. The molecule has 12 nitrogen and oxygen atoms in total. The highest BCUT2D eigenvalue weighted by molar-refractivity contribution is 5.78. The summed E-state index contributed by atoms with van der Waals surface area (Å²) < 4.78 is 8.75. The summed E-state index contributed by atoms with van der Waals surface area (Å²) in [6, 6.07) is 7.28. The number of carbonyl (C=O) groups excluding carboxylic acids is 1. The Hall–Kier alpha value is -4.50. The fourth-order valence-corrected chi connectivity index (χ4v) is 4.73. The molecule has 38 heavy (non-hydrogen) atoms. The van der Waals surface area contributed by atoms with Gasteiger partial charge >= 0.3 is 11.7 Å². The van der Waals surface area contributed by atoms with Gasteiger partial charge < -0.3 is 15.4 Å². The predicted octanol–water partition coefficient (Wildman–Crippen LogP) is 0.475. The smallest absolute Gasteiger partial charge is 0.333 e. The van der Waals surface area contributed by atoms with Gasteiger partial charge in [-0.3, -0.25) is 28.3 Å². The first-order valence-electron chi connectivity index (χ1n) is 12.3. The molecule has 196 valence electrons. The quantitative estimate of drug-likeness (QED) is 0.286. The Kier molecular flexibility index (Phi) is 6.93. The molecule has 2 N–H and O–H groups in total. The SMILES string of the molecule is CC#CCn1c(N2CCCC(N)C2)nc2c1c(=O)n(Cc1cnc3ccccc3n1)c(=O)n2CC(=O)OC. The van der Waals surface area contributed by atoms with Crippen LogP contribution in [0.25, 0.3) is 22.2 Å². The number of hydrogen-bond donors (Lipinski definition) is 1. The Labute approximate surface area is 217 Å². The number of esters is 1. The van der Waals surface area contributed by atoms with Crippen LogP contribution >= 0.6 is 0 Å². The Morgan fingerprint density at radius 3 is 2.68 bits per heavy atom. The molecule has 0 aliphatic carbocycles. The van der Waals surface area contributed by atoms with Crippen LogP contribution in [0.3, 0.4) is 0 Å². The van der Waals surface area contributed by atoms with E-state index in [1.165, 1.54) is 17.9 Å². The molecule has 0 radical (unpaired) electrons. The van der Waals surface area contributed by atoms with Crippen molar-refractivity contribution in [2.24, 2.45) is 5.73 Å². The number of nitrogens with zero attached hydrogens (tertiary/aromatic N) is 7. The Morgan fingerprint density at radius 1 is 1.16 bits per heavy atom. The lowest BCUT2D eigenvalue weighted by Gasteiger charge is -2.31. The van der Waals surface area contributed by atoms with E-state index in [1.807, 2.05) is 23.1 Å². The van der Waals surface area contributed by atoms with Gasteiger partial charge in [0.1, 0.15) is 6.54 Å². The van der Waals surface area contributed by atoms with Gasteiger partial charge in [-0.05, 0) is 31.9 Å². The molecule has 0 saturated carbocycles. The van der Waals surface area contributed by atoms with Crippen LogP contribution < -0.4 is 21.9 Å². The Balaban J connectivity index is 1.74. The largest absolute Gasteiger partial charge is 0.468 e. The van der Waals surface area contributed by atoms with Crippen LogP contribution in [0.5, 0.6) is 0 Å². The summed E-state index contributed by atoms with van der Waals surface area (Å²) in [6.45, 7) is 2.57. The highest BCUT2D eigenvalue weighted by atomic mass is 16.5. The van der Waals surface area contributed by atoms with Crippen LogP contribution in [0.1, 0.15) is 25.5 Å². The highest BCUT2D eigenvalue weighted by Crippen LogP contribution is 2.23. The number of ether oxygens (including phenoxy) is 1. The van der Waals surface area contributed by atoms with E-state index < -0.39 is 23.8 Å². The van der Waals surface area contributed by atoms with Crippen LogP contribution in [0.15, 0.2) is 40.1 Å². The zero-order valence-electron chi connectivity index (χ0n) is 21.3. The first kappa shape index (κ1) is 25.2. The molecule has 12 heteroatoms. The zero-order valence-corrected chi connectivity index (χ0v) is 21.3. The van der Waals surface area contributed by atoms with Crippen LogP contribution in [0, 0.1) is 11.8 Å². The minimum Gasteiger partial charge on any atom is -0.468 e. The second-order valence-electron chi connectivity index (χ2n) is 9.13. The number of rotatable bonds is 6. The van der Waals surface area contributed by atoms with Crippen molar-refractivity contribution in [1.29, 1.82) is 0 Å². The molecule has 1 atom stereocenters. The fraction of sp³-hybridized carbons (Fsp3) is 0.385. The number of aromatic nitrogens is 6.